The molecule has 1 saturated heterocycles. The minimum atomic E-state index is 0.0401. The molecule has 3 heterocycles. The number of rotatable bonds is 4. The SMILES string of the molecule is Cc1nnsc1C(=O)N1CCC(COc2ncccn2)CC1. The molecule has 0 atom stereocenters. The molecule has 2 aromatic heterocycles. The Morgan fingerprint density at radius 3 is 2.73 bits per heavy atom. The zero-order chi connectivity index (χ0) is 15.4. The van der Waals surface area contributed by atoms with E-state index in [4.69, 9.17) is 4.74 Å². The van der Waals surface area contributed by atoms with E-state index in [0.717, 1.165) is 25.9 Å². The predicted octanol–water partition coefficient (Wildman–Crippen LogP) is 1.57. The summed E-state index contributed by atoms with van der Waals surface area (Å²) < 4.78 is 9.41. The van der Waals surface area contributed by atoms with E-state index < -0.39 is 0 Å². The third-order valence-corrected chi connectivity index (χ3v) is 4.55. The highest BCUT2D eigenvalue weighted by molar-refractivity contribution is 7.07. The third-order valence-electron chi connectivity index (χ3n) is 3.74. The summed E-state index contributed by atoms with van der Waals surface area (Å²) in [5.74, 6) is 0.465. The van der Waals surface area contributed by atoms with E-state index in [1.54, 1.807) is 18.5 Å². The molecule has 0 aliphatic carbocycles. The van der Waals surface area contributed by atoms with Crippen LogP contribution in [0.1, 0.15) is 28.2 Å². The Morgan fingerprint density at radius 1 is 1.36 bits per heavy atom. The highest BCUT2D eigenvalue weighted by Gasteiger charge is 2.26. The Labute approximate surface area is 132 Å². The molecule has 7 nitrogen and oxygen atoms in total. The summed E-state index contributed by atoms with van der Waals surface area (Å²) in [5, 5.41) is 3.90. The van der Waals surface area contributed by atoms with Crippen LogP contribution in [0, 0.1) is 12.8 Å². The van der Waals surface area contributed by atoms with Gasteiger partial charge in [0.1, 0.15) is 4.88 Å². The van der Waals surface area contributed by atoms with Gasteiger partial charge in [0.25, 0.3) is 5.91 Å². The van der Waals surface area contributed by atoms with Crippen molar-refractivity contribution in [2.45, 2.75) is 19.8 Å². The largest absolute Gasteiger partial charge is 0.463 e. The van der Waals surface area contributed by atoms with Gasteiger partial charge < -0.3 is 9.64 Å². The molecular formula is C14H17N5O2S. The van der Waals surface area contributed by atoms with Crippen LogP contribution in [0.2, 0.25) is 0 Å². The molecule has 1 aliphatic heterocycles. The second-order valence-electron chi connectivity index (χ2n) is 5.27. The lowest BCUT2D eigenvalue weighted by Crippen LogP contribution is -2.39. The predicted molar refractivity (Wildman–Crippen MR) is 80.8 cm³/mol. The molecular weight excluding hydrogens is 302 g/mol. The number of nitrogens with zero attached hydrogens (tertiary/aromatic N) is 5. The molecule has 8 heteroatoms. The van der Waals surface area contributed by atoms with Gasteiger partial charge in [-0.1, -0.05) is 4.49 Å². The lowest BCUT2D eigenvalue weighted by Gasteiger charge is -2.31. The summed E-state index contributed by atoms with van der Waals surface area (Å²) in [7, 11) is 0. The van der Waals surface area contributed by atoms with Crippen molar-refractivity contribution in [1.29, 1.82) is 0 Å². The van der Waals surface area contributed by atoms with Gasteiger partial charge in [0.2, 0.25) is 0 Å². The minimum absolute atomic E-state index is 0.0401. The van der Waals surface area contributed by atoms with Crippen molar-refractivity contribution in [2.24, 2.45) is 5.92 Å². The summed E-state index contributed by atoms with van der Waals surface area (Å²) in [4.78, 5) is 23.0. The van der Waals surface area contributed by atoms with Crippen molar-refractivity contribution in [2.75, 3.05) is 19.7 Å². The number of aryl methyl sites for hydroxylation is 1. The summed E-state index contributed by atoms with van der Waals surface area (Å²) in [6.07, 6.45) is 5.16. The van der Waals surface area contributed by atoms with Crippen molar-refractivity contribution in [3.8, 4) is 6.01 Å². The lowest BCUT2D eigenvalue weighted by atomic mass is 9.97. The zero-order valence-electron chi connectivity index (χ0n) is 12.3. The first-order valence-electron chi connectivity index (χ1n) is 7.22. The van der Waals surface area contributed by atoms with Crippen molar-refractivity contribution in [3.63, 3.8) is 0 Å². The Kier molecular flexibility index (Phi) is 4.57. The van der Waals surface area contributed by atoms with Crippen LogP contribution in [0.4, 0.5) is 0 Å². The van der Waals surface area contributed by atoms with Gasteiger partial charge in [-0.05, 0) is 43.3 Å². The first-order chi connectivity index (χ1) is 10.7. The Morgan fingerprint density at radius 2 is 2.09 bits per heavy atom. The molecule has 0 unspecified atom stereocenters. The molecule has 116 valence electrons. The molecule has 0 aromatic carbocycles. The number of likely N-dealkylation sites (tertiary alicyclic amines) is 1. The third kappa shape index (κ3) is 3.38. The van der Waals surface area contributed by atoms with Crippen LogP contribution in [0.15, 0.2) is 18.5 Å². The second-order valence-corrected chi connectivity index (χ2v) is 6.02. The number of carbonyl (C=O) groups excluding carboxylic acids is 1. The number of piperidine rings is 1. The Balaban J connectivity index is 1.48. The molecule has 2 aromatic rings. The Hall–Kier alpha value is -2.09. The van der Waals surface area contributed by atoms with Gasteiger partial charge >= 0.3 is 6.01 Å². The maximum atomic E-state index is 12.4. The first kappa shape index (κ1) is 14.8. The second kappa shape index (κ2) is 6.78. The van der Waals surface area contributed by atoms with E-state index >= 15 is 0 Å². The van der Waals surface area contributed by atoms with Gasteiger partial charge in [0.15, 0.2) is 0 Å². The van der Waals surface area contributed by atoms with Crippen LogP contribution in [-0.4, -0.2) is 50.1 Å². The number of hydrogen-bond donors (Lipinski definition) is 0. The summed E-state index contributed by atoms with van der Waals surface area (Å²) >= 11 is 1.17. The molecule has 1 amide bonds. The molecule has 1 aliphatic rings. The average Bonchev–Trinajstić information content (AvgIpc) is 3.00. The van der Waals surface area contributed by atoms with Crippen molar-refractivity contribution in [3.05, 3.63) is 29.0 Å². The first-order valence-corrected chi connectivity index (χ1v) is 7.99. The van der Waals surface area contributed by atoms with Crippen LogP contribution in [-0.2, 0) is 0 Å². The van der Waals surface area contributed by atoms with Crippen molar-refractivity contribution >= 4 is 17.4 Å². The quantitative estimate of drug-likeness (QED) is 0.851. The van der Waals surface area contributed by atoms with Gasteiger partial charge in [0.05, 0.1) is 12.3 Å². The monoisotopic (exact) mass is 319 g/mol. The fourth-order valence-electron chi connectivity index (χ4n) is 2.43. The van der Waals surface area contributed by atoms with E-state index in [1.165, 1.54) is 11.5 Å². The smallest absolute Gasteiger partial charge is 0.316 e. The number of carbonyl (C=O) groups is 1. The summed E-state index contributed by atoms with van der Waals surface area (Å²) in [6.45, 7) is 3.88. The van der Waals surface area contributed by atoms with Gasteiger partial charge in [-0.25, -0.2) is 9.97 Å². The van der Waals surface area contributed by atoms with Gasteiger partial charge in [0, 0.05) is 25.5 Å². The maximum absolute atomic E-state index is 12.4. The topological polar surface area (TPSA) is 81.1 Å². The normalized spacial score (nSPS) is 15.8. The zero-order valence-corrected chi connectivity index (χ0v) is 13.1. The van der Waals surface area contributed by atoms with Gasteiger partial charge in [-0.3, -0.25) is 4.79 Å². The van der Waals surface area contributed by atoms with Crippen molar-refractivity contribution < 1.29 is 9.53 Å². The van der Waals surface area contributed by atoms with E-state index in [2.05, 4.69) is 19.6 Å². The lowest BCUT2D eigenvalue weighted by molar-refractivity contribution is 0.0661. The van der Waals surface area contributed by atoms with Crippen LogP contribution < -0.4 is 4.74 Å². The number of ether oxygens (including phenoxy) is 1. The van der Waals surface area contributed by atoms with Crippen LogP contribution in [0.25, 0.3) is 0 Å². The molecule has 0 bridgehead atoms. The van der Waals surface area contributed by atoms with Crippen LogP contribution in [0.5, 0.6) is 6.01 Å². The van der Waals surface area contributed by atoms with Gasteiger partial charge in [-0.2, -0.15) is 0 Å². The Bertz CT molecular complexity index is 625. The highest BCUT2D eigenvalue weighted by Crippen LogP contribution is 2.21. The fraction of sp³-hybridized carbons (Fsp3) is 0.500. The molecule has 0 N–H and O–H groups in total. The van der Waals surface area contributed by atoms with E-state index in [9.17, 15) is 4.79 Å². The van der Waals surface area contributed by atoms with E-state index in [1.807, 2.05) is 11.8 Å². The average molecular weight is 319 g/mol. The maximum Gasteiger partial charge on any atom is 0.316 e. The summed E-state index contributed by atoms with van der Waals surface area (Å²) in [6, 6.07) is 2.17. The van der Waals surface area contributed by atoms with Crippen LogP contribution >= 0.6 is 11.5 Å². The molecule has 22 heavy (non-hydrogen) atoms. The van der Waals surface area contributed by atoms with E-state index in [0.29, 0.717) is 29.1 Å². The number of aromatic nitrogens is 4. The minimum Gasteiger partial charge on any atom is -0.463 e. The number of amides is 1. The molecule has 1 fully saturated rings. The number of hydrogen-bond acceptors (Lipinski definition) is 7. The summed E-state index contributed by atoms with van der Waals surface area (Å²) in [5.41, 5.74) is 0.710. The fourth-order valence-corrected chi connectivity index (χ4v) is 3.05. The highest BCUT2D eigenvalue weighted by atomic mass is 32.1. The molecule has 0 radical (unpaired) electrons. The van der Waals surface area contributed by atoms with Crippen LogP contribution in [0.3, 0.4) is 0 Å². The molecule has 3 rings (SSSR count). The van der Waals surface area contributed by atoms with Crippen molar-refractivity contribution in [1.82, 2.24) is 24.5 Å². The standard InChI is InChI=1S/C14H17N5O2S/c1-10-12(22-18-17-10)13(20)19-7-3-11(4-8-19)9-21-14-15-5-2-6-16-14/h2,5-6,11H,3-4,7-9H2,1H3. The van der Waals surface area contributed by atoms with E-state index in [-0.39, 0.29) is 5.91 Å². The molecule has 0 saturated carbocycles. The van der Waals surface area contributed by atoms with Gasteiger partial charge in [-0.15, -0.1) is 5.10 Å². The molecule has 0 spiro atoms.